The van der Waals surface area contributed by atoms with Crippen LogP contribution in [0.3, 0.4) is 0 Å². The third-order valence-corrected chi connectivity index (χ3v) is 4.67. The number of para-hydroxylation sites is 1. The van der Waals surface area contributed by atoms with Gasteiger partial charge in [0.15, 0.2) is 0 Å². The molecule has 3 rings (SSSR count). The summed E-state index contributed by atoms with van der Waals surface area (Å²) in [4.78, 5) is 29.4. The minimum atomic E-state index is -0.147. The highest BCUT2D eigenvalue weighted by Crippen LogP contribution is 2.23. The maximum absolute atomic E-state index is 13.0. The predicted octanol–water partition coefficient (Wildman–Crippen LogP) is 3.40. The van der Waals surface area contributed by atoms with Gasteiger partial charge in [-0.1, -0.05) is 37.3 Å². The molecule has 27 heavy (non-hydrogen) atoms. The van der Waals surface area contributed by atoms with Crippen LogP contribution in [0.25, 0.3) is 10.9 Å². The molecule has 1 aromatic heterocycles. The summed E-state index contributed by atoms with van der Waals surface area (Å²) in [6, 6.07) is 14.9. The SMILES string of the molecule is CCc1nc2ccccc2c(C(=O)NCc2cccc(C(=O)NC)c2)c1C. The van der Waals surface area contributed by atoms with Crippen molar-refractivity contribution in [3.05, 3.63) is 76.5 Å². The molecule has 0 aliphatic rings. The lowest BCUT2D eigenvalue weighted by atomic mass is 9.99. The smallest absolute Gasteiger partial charge is 0.252 e. The Kier molecular flexibility index (Phi) is 5.50. The topological polar surface area (TPSA) is 71.1 Å². The molecule has 0 atom stereocenters. The average Bonchev–Trinajstić information content (AvgIpc) is 2.71. The molecule has 0 spiro atoms. The maximum atomic E-state index is 13.0. The number of fused-ring (bicyclic) bond motifs is 1. The van der Waals surface area contributed by atoms with Gasteiger partial charge in [0.1, 0.15) is 0 Å². The summed E-state index contributed by atoms with van der Waals surface area (Å²) in [6.45, 7) is 4.33. The minimum absolute atomic E-state index is 0.133. The van der Waals surface area contributed by atoms with Crippen LogP contribution in [-0.2, 0) is 13.0 Å². The second-order valence-corrected chi connectivity index (χ2v) is 6.39. The van der Waals surface area contributed by atoms with Gasteiger partial charge >= 0.3 is 0 Å². The fourth-order valence-corrected chi connectivity index (χ4v) is 3.23. The largest absolute Gasteiger partial charge is 0.355 e. The van der Waals surface area contributed by atoms with Gasteiger partial charge in [-0.05, 0) is 42.7 Å². The number of nitrogens with one attached hydrogen (secondary N) is 2. The first-order chi connectivity index (χ1) is 13.0. The minimum Gasteiger partial charge on any atom is -0.355 e. The summed E-state index contributed by atoms with van der Waals surface area (Å²) in [7, 11) is 1.60. The molecule has 0 bridgehead atoms. The molecule has 138 valence electrons. The number of hydrogen-bond acceptors (Lipinski definition) is 3. The first kappa shape index (κ1) is 18.6. The molecule has 0 saturated carbocycles. The number of amides is 2. The summed E-state index contributed by atoms with van der Waals surface area (Å²) in [5.41, 5.74) is 4.78. The van der Waals surface area contributed by atoms with Crippen LogP contribution in [0.15, 0.2) is 48.5 Å². The third-order valence-electron chi connectivity index (χ3n) is 4.67. The van der Waals surface area contributed by atoms with Gasteiger partial charge in [-0.2, -0.15) is 0 Å². The summed E-state index contributed by atoms with van der Waals surface area (Å²) in [6.07, 6.45) is 0.769. The van der Waals surface area contributed by atoms with Gasteiger partial charge in [0.25, 0.3) is 11.8 Å². The molecular formula is C22H23N3O2. The van der Waals surface area contributed by atoms with Gasteiger partial charge in [0, 0.05) is 30.2 Å². The van der Waals surface area contributed by atoms with Crippen molar-refractivity contribution in [2.45, 2.75) is 26.8 Å². The molecule has 0 radical (unpaired) electrons. The van der Waals surface area contributed by atoms with Gasteiger partial charge in [-0.25, -0.2) is 0 Å². The van der Waals surface area contributed by atoms with Crippen LogP contribution in [-0.4, -0.2) is 23.8 Å². The summed E-state index contributed by atoms with van der Waals surface area (Å²) >= 11 is 0. The first-order valence-corrected chi connectivity index (χ1v) is 9.02. The van der Waals surface area contributed by atoms with Gasteiger partial charge < -0.3 is 10.6 Å². The number of aromatic nitrogens is 1. The lowest BCUT2D eigenvalue weighted by Gasteiger charge is -2.14. The summed E-state index contributed by atoms with van der Waals surface area (Å²) in [5, 5.41) is 6.44. The highest BCUT2D eigenvalue weighted by molar-refractivity contribution is 6.07. The van der Waals surface area contributed by atoms with Crippen molar-refractivity contribution < 1.29 is 9.59 Å². The molecule has 0 aliphatic heterocycles. The molecule has 0 fully saturated rings. The molecule has 2 N–H and O–H groups in total. The van der Waals surface area contributed by atoms with E-state index in [1.807, 2.05) is 50.2 Å². The Morgan fingerprint density at radius 3 is 2.56 bits per heavy atom. The maximum Gasteiger partial charge on any atom is 0.252 e. The quantitative estimate of drug-likeness (QED) is 0.732. The molecular weight excluding hydrogens is 338 g/mol. The van der Waals surface area contributed by atoms with Crippen molar-refractivity contribution >= 4 is 22.7 Å². The van der Waals surface area contributed by atoms with Crippen LogP contribution in [0.1, 0.15) is 44.5 Å². The van der Waals surface area contributed by atoms with Crippen LogP contribution in [0.2, 0.25) is 0 Å². The zero-order chi connectivity index (χ0) is 19.4. The molecule has 0 unspecified atom stereocenters. The molecule has 3 aromatic rings. The molecule has 2 amide bonds. The zero-order valence-corrected chi connectivity index (χ0v) is 15.8. The Morgan fingerprint density at radius 2 is 1.81 bits per heavy atom. The predicted molar refractivity (Wildman–Crippen MR) is 107 cm³/mol. The highest BCUT2D eigenvalue weighted by Gasteiger charge is 2.17. The van der Waals surface area contributed by atoms with E-state index in [0.29, 0.717) is 17.7 Å². The summed E-state index contributed by atoms with van der Waals surface area (Å²) < 4.78 is 0. The van der Waals surface area contributed by atoms with Crippen molar-refractivity contribution in [1.82, 2.24) is 15.6 Å². The number of pyridine rings is 1. The molecule has 5 nitrogen and oxygen atoms in total. The third kappa shape index (κ3) is 3.82. The fourth-order valence-electron chi connectivity index (χ4n) is 3.23. The normalized spacial score (nSPS) is 10.6. The van der Waals surface area contributed by atoms with E-state index in [0.717, 1.165) is 34.1 Å². The Bertz CT molecular complexity index is 1010. The molecule has 1 heterocycles. The van der Waals surface area contributed by atoms with Crippen LogP contribution < -0.4 is 10.6 Å². The second kappa shape index (κ2) is 7.99. The lowest BCUT2D eigenvalue weighted by Crippen LogP contribution is -2.25. The van der Waals surface area contributed by atoms with Crippen molar-refractivity contribution in [2.24, 2.45) is 0 Å². The van der Waals surface area contributed by atoms with E-state index in [2.05, 4.69) is 15.6 Å². The van der Waals surface area contributed by atoms with E-state index < -0.39 is 0 Å². The van der Waals surface area contributed by atoms with E-state index in [4.69, 9.17) is 0 Å². The van der Waals surface area contributed by atoms with E-state index in [-0.39, 0.29) is 11.8 Å². The number of aryl methyl sites for hydroxylation is 1. The van der Waals surface area contributed by atoms with Gasteiger partial charge in [0.05, 0.1) is 11.1 Å². The fraction of sp³-hybridized carbons (Fsp3) is 0.227. The number of carbonyl (C=O) groups excluding carboxylic acids is 2. The number of nitrogens with zero attached hydrogens (tertiary/aromatic N) is 1. The number of benzene rings is 2. The first-order valence-electron chi connectivity index (χ1n) is 9.02. The zero-order valence-electron chi connectivity index (χ0n) is 15.8. The van der Waals surface area contributed by atoms with E-state index >= 15 is 0 Å². The lowest BCUT2D eigenvalue weighted by molar-refractivity contribution is 0.0949. The van der Waals surface area contributed by atoms with Gasteiger partial charge in [-0.15, -0.1) is 0 Å². The van der Waals surface area contributed by atoms with Crippen LogP contribution in [0.4, 0.5) is 0 Å². The number of rotatable bonds is 5. The highest BCUT2D eigenvalue weighted by atomic mass is 16.2. The molecule has 5 heteroatoms. The van der Waals surface area contributed by atoms with E-state index in [9.17, 15) is 9.59 Å². The van der Waals surface area contributed by atoms with E-state index in [1.165, 1.54) is 0 Å². The van der Waals surface area contributed by atoms with Gasteiger partial charge in [0.2, 0.25) is 0 Å². The van der Waals surface area contributed by atoms with Crippen LogP contribution >= 0.6 is 0 Å². The van der Waals surface area contributed by atoms with E-state index in [1.54, 1.807) is 19.2 Å². The summed E-state index contributed by atoms with van der Waals surface area (Å²) in [5.74, 6) is -0.280. The second-order valence-electron chi connectivity index (χ2n) is 6.39. The molecule has 0 aliphatic carbocycles. The van der Waals surface area contributed by atoms with Crippen LogP contribution in [0, 0.1) is 6.92 Å². The Balaban J connectivity index is 1.89. The average molecular weight is 361 g/mol. The van der Waals surface area contributed by atoms with Crippen molar-refractivity contribution in [3.8, 4) is 0 Å². The standard InChI is InChI=1S/C22H23N3O2/c1-4-18-14(2)20(17-10-5-6-11-19(17)25-18)22(27)24-13-15-8-7-9-16(12-15)21(26)23-3/h5-12H,4,13H2,1-3H3,(H,23,26)(H,24,27). The number of carbonyl (C=O) groups is 2. The Labute approximate surface area is 158 Å². The number of hydrogen-bond donors (Lipinski definition) is 2. The Hall–Kier alpha value is -3.21. The molecule has 2 aromatic carbocycles. The Morgan fingerprint density at radius 1 is 1.04 bits per heavy atom. The monoisotopic (exact) mass is 361 g/mol. The van der Waals surface area contributed by atoms with Gasteiger partial charge in [-0.3, -0.25) is 14.6 Å². The van der Waals surface area contributed by atoms with Crippen LogP contribution in [0.5, 0.6) is 0 Å². The van der Waals surface area contributed by atoms with Crippen molar-refractivity contribution in [3.63, 3.8) is 0 Å². The molecule has 0 saturated heterocycles. The van der Waals surface area contributed by atoms with Crippen molar-refractivity contribution in [2.75, 3.05) is 7.05 Å². The van der Waals surface area contributed by atoms with Crippen molar-refractivity contribution in [1.29, 1.82) is 0 Å².